The number of ether oxygens (including phenoxy) is 1. The second-order valence-corrected chi connectivity index (χ2v) is 3.92. The number of carbonyl (C=O) groups is 1. The van der Waals surface area contributed by atoms with Crippen LogP contribution >= 0.6 is 0 Å². The Bertz CT molecular complexity index is 375. The lowest BCUT2D eigenvalue weighted by Gasteiger charge is -2.07. The Labute approximate surface area is 93.2 Å². The van der Waals surface area contributed by atoms with Gasteiger partial charge in [-0.1, -0.05) is 19.9 Å². The zero-order valence-electron chi connectivity index (χ0n) is 9.30. The summed E-state index contributed by atoms with van der Waals surface area (Å²) in [6.45, 7) is 4.18. The maximum Gasteiger partial charge on any atom is 0.341 e. The Morgan fingerprint density at radius 3 is 2.69 bits per heavy atom. The number of esters is 1. The zero-order chi connectivity index (χ0) is 12.1. The van der Waals surface area contributed by atoms with Crippen LogP contribution in [-0.4, -0.2) is 12.6 Å². The van der Waals surface area contributed by atoms with Gasteiger partial charge in [0.25, 0.3) is 0 Å². The van der Waals surface area contributed by atoms with Gasteiger partial charge in [0, 0.05) is 0 Å². The summed E-state index contributed by atoms with van der Waals surface area (Å²) in [5, 5.41) is 0. The quantitative estimate of drug-likeness (QED) is 0.740. The van der Waals surface area contributed by atoms with Crippen LogP contribution in [0, 0.1) is 17.6 Å². The van der Waals surface area contributed by atoms with Gasteiger partial charge in [-0.15, -0.1) is 0 Å². The third kappa shape index (κ3) is 3.29. The molecule has 4 heteroatoms. The molecule has 1 aromatic carbocycles. The third-order valence-electron chi connectivity index (χ3n) is 2.10. The van der Waals surface area contributed by atoms with E-state index in [1.807, 2.05) is 13.8 Å². The van der Waals surface area contributed by atoms with E-state index >= 15 is 0 Å². The molecular formula is C12H14F2O2. The minimum atomic E-state index is -1.16. The highest BCUT2D eigenvalue weighted by Crippen LogP contribution is 2.12. The van der Waals surface area contributed by atoms with E-state index in [-0.39, 0.29) is 12.2 Å². The summed E-state index contributed by atoms with van der Waals surface area (Å²) in [6.07, 6.45) is 0.697. The smallest absolute Gasteiger partial charge is 0.341 e. The van der Waals surface area contributed by atoms with Gasteiger partial charge >= 0.3 is 5.97 Å². The first-order valence-electron chi connectivity index (χ1n) is 5.13. The Morgan fingerprint density at radius 1 is 1.38 bits per heavy atom. The fourth-order valence-electron chi connectivity index (χ4n) is 1.13. The first-order chi connectivity index (χ1) is 7.52. The van der Waals surface area contributed by atoms with Gasteiger partial charge in [-0.3, -0.25) is 0 Å². The molecule has 0 saturated heterocycles. The fourth-order valence-corrected chi connectivity index (χ4v) is 1.13. The van der Waals surface area contributed by atoms with Gasteiger partial charge in [-0.25, -0.2) is 13.6 Å². The molecule has 0 aliphatic rings. The van der Waals surface area contributed by atoms with E-state index in [0.29, 0.717) is 12.3 Å². The molecule has 2 nitrogen and oxygen atoms in total. The van der Waals surface area contributed by atoms with E-state index in [4.69, 9.17) is 4.74 Å². The van der Waals surface area contributed by atoms with Crippen LogP contribution in [0.1, 0.15) is 30.6 Å². The predicted octanol–water partition coefficient (Wildman–Crippen LogP) is 3.17. The maximum absolute atomic E-state index is 13.2. The van der Waals surface area contributed by atoms with Crippen LogP contribution in [0.5, 0.6) is 0 Å². The molecule has 88 valence electrons. The topological polar surface area (TPSA) is 26.3 Å². The van der Waals surface area contributed by atoms with Crippen molar-refractivity contribution in [1.82, 2.24) is 0 Å². The van der Waals surface area contributed by atoms with E-state index in [1.54, 1.807) is 0 Å². The van der Waals surface area contributed by atoms with Gasteiger partial charge in [0.15, 0.2) is 11.6 Å². The molecule has 0 radical (unpaired) electrons. The van der Waals surface area contributed by atoms with Gasteiger partial charge < -0.3 is 4.74 Å². The lowest BCUT2D eigenvalue weighted by atomic mass is 10.1. The number of carbonyl (C=O) groups excluding carboxylic acids is 1. The number of benzene rings is 1. The normalized spacial score (nSPS) is 10.6. The first-order valence-corrected chi connectivity index (χ1v) is 5.13. The molecule has 1 aromatic rings. The molecule has 0 atom stereocenters. The number of hydrogen-bond acceptors (Lipinski definition) is 2. The summed E-state index contributed by atoms with van der Waals surface area (Å²) in [4.78, 5) is 11.4. The van der Waals surface area contributed by atoms with E-state index in [1.165, 1.54) is 12.1 Å². The standard InChI is InChI=1S/C12H14F2O2/c1-8(2)6-7-16-12(15)9-4-3-5-10(13)11(9)14/h3-5,8H,6-7H2,1-2H3. The molecule has 0 aliphatic carbocycles. The maximum atomic E-state index is 13.2. The third-order valence-corrected chi connectivity index (χ3v) is 2.10. The summed E-state index contributed by atoms with van der Waals surface area (Å²) in [5.41, 5.74) is -0.358. The minimum Gasteiger partial charge on any atom is -0.462 e. The second-order valence-electron chi connectivity index (χ2n) is 3.92. The number of rotatable bonds is 4. The molecule has 0 aliphatic heterocycles. The molecule has 0 N–H and O–H groups in total. The molecule has 0 heterocycles. The van der Waals surface area contributed by atoms with Gasteiger partial charge in [0.05, 0.1) is 12.2 Å². The predicted molar refractivity (Wildman–Crippen MR) is 56.1 cm³/mol. The summed E-state index contributed by atoms with van der Waals surface area (Å²) >= 11 is 0. The second kappa shape index (κ2) is 5.58. The average molecular weight is 228 g/mol. The molecule has 0 unspecified atom stereocenters. The van der Waals surface area contributed by atoms with Crippen LogP contribution in [-0.2, 0) is 4.74 Å². The van der Waals surface area contributed by atoms with Crippen LogP contribution in [0.25, 0.3) is 0 Å². The molecular weight excluding hydrogens is 214 g/mol. The molecule has 0 spiro atoms. The Morgan fingerprint density at radius 2 is 2.06 bits per heavy atom. The fraction of sp³-hybridized carbons (Fsp3) is 0.417. The van der Waals surface area contributed by atoms with Crippen molar-refractivity contribution in [2.45, 2.75) is 20.3 Å². The van der Waals surface area contributed by atoms with Crippen LogP contribution in [0.4, 0.5) is 8.78 Å². The summed E-state index contributed by atoms with van der Waals surface area (Å²) in [6, 6.07) is 3.44. The van der Waals surface area contributed by atoms with Crippen molar-refractivity contribution in [2.75, 3.05) is 6.61 Å². The van der Waals surface area contributed by atoms with Crippen molar-refractivity contribution in [3.05, 3.63) is 35.4 Å². The highest BCUT2D eigenvalue weighted by molar-refractivity contribution is 5.89. The van der Waals surface area contributed by atoms with Crippen molar-refractivity contribution < 1.29 is 18.3 Å². The highest BCUT2D eigenvalue weighted by atomic mass is 19.2. The van der Waals surface area contributed by atoms with Crippen molar-refractivity contribution in [3.8, 4) is 0 Å². The zero-order valence-corrected chi connectivity index (χ0v) is 9.30. The van der Waals surface area contributed by atoms with Crippen LogP contribution in [0.3, 0.4) is 0 Å². The Hall–Kier alpha value is -1.45. The molecule has 0 bridgehead atoms. The van der Waals surface area contributed by atoms with E-state index in [0.717, 1.165) is 6.07 Å². The van der Waals surface area contributed by atoms with Crippen molar-refractivity contribution >= 4 is 5.97 Å². The molecule has 16 heavy (non-hydrogen) atoms. The minimum absolute atomic E-state index is 0.215. The lowest BCUT2D eigenvalue weighted by Crippen LogP contribution is -2.10. The van der Waals surface area contributed by atoms with Gasteiger partial charge in [-0.05, 0) is 24.5 Å². The molecule has 0 fully saturated rings. The van der Waals surface area contributed by atoms with Gasteiger partial charge in [-0.2, -0.15) is 0 Å². The van der Waals surface area contributed by atoms with Crippen molar-refractivity contribution in [1.29, 1.82) is 0 Å². The van der Waals surface area contributed by atoms with E-state index < -0.39 is 17.6 Å². The number of halogens is 2. The van der Waals surface area contributed by atoms with Crippen LogP contribution < -0.4 is 0 Å². The van der Waals surface area contributed by atoms with E-state index in [2.05, 4.69) is 0 Å². The summed E-state index contributed by atoms with van der Waals surface area (Å²) < 4.78 is 30.8. The van der Waals surface area contributed by atoms with Crippen molar-refractivity contribution in [2.24, 2.45) is 5.92 Å². The molecule has 0 amide bonds. The molecule has 1 rings (SSSR count). The van der Waals surface area contributed by atoms with E-state index in [9.17, 15) is 13.6 Å². The van der Waals surface area contributed by atoms with Gasteiger partial charge in [0.1, 0.15) is 0 Å². The van der Waals surface area contributed by atoms with Gasteiger partial charge in [0.2, 0.25) is 0 Å². The Kier molecular flexibility index (Phi) is 4.40. The average Bonchev–Trinajstić information content (AvgIpc) is 2.21. The monoisotopic (exact) mass is 228 g/mol. The van der Waals surface area contributed by atoms with Crippen LogP contribution in [0.2, 0.25) is 0 Å². The first kappa shape index (κ1) is 12.6. The van der Waals surface area contributed by atoms with Crippen LogP contribution in [0.15, 0.2) is 18.2 Å². The highest BCUT2D eigenvalue weighted by Gasteiger charge is 2.16. The molecule has 0 aromatic heterocycles. The summed E-state index contributed by atoms with van der Waals surface area (Å²) in [7, 11) is 0. The SMILES string of the molecule is CC(C)CCOC(=O)c1cccc(F)c1F. The largest absolute Gasteiger partial charge is 0.462 e. The lowest BCUT2D eigenvalue weighted by molar-refractivity contribution is 0.0481. The van der Waals surface area contributed by atoms with Crippen molar-refractivity contribution in [3.63, 3.8) is 0 Å². The number of hydrogen-bond donors (Lipinski definition) is 0. The summed E-state index contributed by atoms with van der Waals surface area (Å²) in [5.74, 6) is -2.63. The Balaban J connectivity index is 2.63. The molecule has 0 saturated carbocycles.